The molecule has 0 radical (unpaired) electrons. The fourth-order valence-corrected chi connectivity index (χ4v) is 11.7. The Hall–Kier alpha value is -1.60. The third-order valence-corrected chi connectivity index (χ3v) is 15.1. The van der Waals surface area contributed by atoms with Crippen LogP contribution in [-0.4, -0.2) is 0 Å². The number of benzene rings is 2. The van der Waals surface area contributed by atoms with Crippen molar-refractivity contribution in [2.45, 2.75) is 194 Å². The lowest BCUT2D eigenvalue weighted by molar-refractivity contribution is -0.0934. The highest BCUT2D eigenvalue weighted by atomic mass is 16.5. The van der Waals surface area contributed by atoms with E-state index in [9.17, 15) is 0 Å². The van der Waals surface area contributed by atoms with E-state index in [0.717, 1.165) is 35.5 Å². The molecule has 0 N–H and O–H groups in total. The summed E-state index contributed by atoms with van der Waals surface area (Å²) in [5, 5.41) is 0. The minimum absolute atomic E-state index is 0.202. The monoisotopic (exact) mass is 695 g/mol. The van der Waals surface area contributed by atoms with Crippen LogP contribution in [0.4, 0.5) is 0 Å². The maximum Gasteiger partial charge on any atom is 0.0861 e. The average molecular weight is 695 g/mol. The molecule has 4 aliphatic rings. The summed E-state index contributed by atoms with van der Waals surface area (Å²) < 4.78 is 7.66. The molecule has 284 valence electrons. The first-order valence-electron chi connectivity index (χ1n) is 22.8. The largest absolute Gasteiger partial charge is 0.365 e. The van der Waals surface area contributed by atoms with Gasteiger partial charge in [0.1, 0.15) is 0 Å². The third-order valence-electron chi connectivity index (χ3n) is 15.1. The molecule has 6 rings (SSSR count). The minimum atomic E-state index is 0.202. The van der Waals surface area contributed by atoms with Gasteiger partial charge in [-0.3, -0.25) is 0 Å². The van der Waals surface area contributed by atoms with Gasteiger partial charge in [0.05, 0.1) is 12.2 Å². The summed E-state index contributed by atoms with van der Waals surface area (Å²) in [6.07, 6.45) is 35.0. The molecule has 4 fully saturated rings. The SMILES string of the molecule is CCCCC[C@H]1CC[C@H]([C@H]2CC[C@H](C(OC(c3ccc(C)cc3)[C@H]3CC[C@H]([C@H]4CC[C@H](CCCCC)CC4)CC3)c3ccc(C)cc3)CC2)CC1. The van der Waals surface area contributed by atoms with Crippen molar-refractivity contribution in [1.29, 1.82) is 0 Å². The van der Waals surface area contributed by atoms with Crippen LogP contribution in [0, 0.1) is 61.2 Å². The van der Waals surface area contributed by atoms with Crippen LogP contribution in [0.25, 0.3) is 0 Å². The fraction of sp³-hybridized carbons (Fsp3) is 0.760. The second-order valence-electron chi connectivity index (χ2n) is 18.7. The molecule has 2 unspecified atom stereocenters. The smallest absolute Gasteiger partial charge is 0.0861 e. The van der Waals surface area contributed by atoms with Crippen LogP contribution in [0.5, 0.6) is 0 Å². The lowest BCUT2D eigenvalue weighted by Gasteiger charge is -2.43. The number of rotatable bonds is 16. The van der Waals surface area contributed by atoms with Crippen LogP contribution in [-0.2, 0) is 4.74 Å². The molecular weight excluding hydrogens is 617 g/mol. The van der Waals surface area contributed by atoms with Gasteiger partial charge in [0.25, 0.3) is 0 Å². The maximum absolute atomic E-state index is 7.66. The number of hydrogen-bond acceptors (Lipinski definition) is 1. The highest BCUT2D eigenvalue weighted by Gasteiger charge is 2.39. The molecule has 1 nitrogen and oxygen atoms in total. The first-order chi connectivity index (χ1) is 25.0. The molecule has 0 amide bonds. The van der Waals surface area contributed by atoms with E-state index < -0.39 is 0 Å². The van der Waals surface area contributed by atoms with Gasteiger partial charge in [0.15, 0.2) is 0 Å². The quantitative estimate of drug-likeness (QED) is 0.159. The van der Waals surface area contributed by atoms with Crippen LogP contribution >= 0.6 is 0 Å². The molecule has 2 atom stereocenters. The first-order valence-corrected chi connectivity index (χ1v) is 22.8. The molecule has 0 heterocycles. The van der Waals surface area contributed by atoms with Gasteiger partial charge in [0, 0.05) is 0 Å². The number of unbranched alkanes of at least 4 members (excludes halogenated alkanes) is 4. The summed E-state index contributed by atoms with van der Waals surface area (Å²) in [7, 11) is 0. The van der Waals surface area contributed by atoms with Crippen molar-refractivity contribution >= 4 is 0 Å². The summed E-state index contributed by atoms with van der Waals surface area (Å²) in [5.41, 5.74) is 5.57. The third kappa shape index (κ3) is 11.2. The number of hydrogen-bond donors (Lipinski definition) is 0. The van der Waals surface area contributed by atoms with Crippen LogP contribution < -0.4 is 0 Å². The second-order valence-corrected chi connectivity index (χ2v) is 18.7. The van der Waals surface area contributed by atoms with Gasteiger partial charge in [-0.05, 0) is 149 Å². The molecule has 0 aromatic heterocycles. The van der Waals surface area contributed by atoms with Gasteiger partial charge >= 0.3 is 0 Å². The Bertz CT molecular complexity index is 1120. The van der Waals surface area contributed by atoms with E-state index in [1.54, 1.807) is 0 Å². The molecule has 4 saturated carbocycles. The van der Waals surface area contributed by atoms with E-state index >= 15 is 0 Å². The Balaban J connectivity index is 1.09. The van der Waals surface area contributed by atoms with E-state index in [0.29, 0.717) is 11.8 Å². The highest BCUT2D eigenvalue weighted by Crippen LogP contribution is 2.50. The average Bonchev–Trinajstić information content (AvgIpc) is 3.17. The molecule has 0 bridgehead atoms. The summed E-state index contributed by atoms with van der Waals surface area (Å²) >= 11 is 0. The van der Waals surface area contributed by atoms with Gasteiger partial charge < -0.3 is 4.74 Å². The molecule has 1 heteroatoms. The van der Waals surface area contributed by atoms with Crippen molar-refractivity contribution in [1.82, 2.24) is 0 Å². The van der Waals surface area contributed by atoms with Gasteiger partial charge in [-0.25, -0.2) is 0 Å². The maximum atomic E-state index is 7.66. The summed E-state index contributed by atoms with van der Waals surface area (Å²) in [6.45, 7) is 9.15. The minimum Gasteiger partial charge on any atom is -0.365 e. The lowest BCUT2D eigenvalue weighted by atomic mass is 9.67. The summed E-state index contributed by atoms with van der Waals surface area (Å²) in [5.74, 6) is 7.17. The second kappa shape index (κ2) is 20.2. The van der Waals surface area contributed by atoms with E-state index in [2.05, 4.69) is 76.2 Å². The van der Waals surface area contributed by atoms with Crippen molar-refractivity contribution in [3.05, 3.63) is 70.8 Å². The van der Waals surface area contributed by atoms with Crippen molar-refractivity contribution in [3.8, 4) is 0 Å². The van der Waals surface area contributed by atoms with E-state index in [4.69, 9.17) is 4.74 Å². The predicted molar refractivity (Wildman–Crippen MR) is 219 cm³/mol. The Kier molecular flexibility index (Phi) is 15.5. The van der Waals surface area contributed by atoms with Crippen molar-refractivity contribution in [2.24, 2.45) is 47.3 Å². The topological polar surface area (TPSA) is 9.23 Å². The Labute approximate surface area is 315 Å². The number of ether oxygens (including phenoxy) is 1. The van der Waals surface area contributed by atoms with Gasteiger partial charge in [-0.1, -0.05) is 151 Å². The molecule has 0 aliphatic heterocycles. The van der Waals surface area contributed by atoms with E-state index in [1.165, 1.54) is 176 Å². The normalized spacial score (nSPS) is 31.6. The zero-order valence-corrected chi connectivity index (χ0v) is 33.8. The van der Waals surface area contributed by atoms with Crippen molar-refractivity contribution < 1.29 is 4.74 Å². The Morgan fingerprint density at radius 1 is 0.431 bits per heavy atom. The van der Waals surface area contributed by atoms with Crippen molar-refractivity contribution in [2.75, 3.05) is 0 Å². The zero-order valence-electron chi connectivity index (χ0n) is 33.8. The standard InChI is InChI=1S/C50H78O/c1-5-7-9-11-39-17-25-41(26-18-39)43-29-33-47(34-30-43)49(45-21-13-37(3)14-22-45)51-50(46-23-15-38(4)16-24-46)48-35-31-44(32-36-48)42-27-19-40(20-28-42)12-10-8-6-2/h13-16,21-24,39-44,47-50H,5-12,17-20,25-36H2,1-4H3/t39-,40-,41-,42-,43-,44-,47-,48-,49?,50?. The Morgan fingerprint density at radius 2 is 0.745 bits per heavy atom. The van der Waals surface area contributed by atoms with E-state index in [-0.39, 0.29) is 12.2 Å². The molecular formula is C50H78O. The van der Waals surface area contributed by atoms with E-state index in [1.807, 2.05) is 0 Å². The zero-order chi connectivity index (χ0) is 35.4. The van der Waals surface area contributed by atoms with Crippen molar-refractivity contribution in [3.63, 3.8) is 0 Å². The lowest BCUT2D eigenvalue weighted by Crippen LogP contribution is -2.31. The van der Waals surface area contributed by atoms with Gasteiger partial charge in [0.2, 0.25) is 0 Å². The van der Waals surface area contributed by atoms with Crippen LogP contribution in [0.3, 0.4) is 0 Å². The number of aryl methyl sites for hydroxylation is 2. The van der Waals surface area contributed by atoms with Crippen LogP contribution in [0.2, 0.25) is 0 Å². The summed E-state index contributed by atoms with van der Waals surface area (Å²) in [6, 6.07) is 19.0. The fourth-order valence-electron chi connectivity index (χ4n) is 11.7. The molecule has 4 aliphatic carbocycles. The van der Waals surface area contributed by atoms with Gasteiger partial charge in [-0.15, -0.1) is 0 Å². The van der Waals surface area contributed by atoms with Crippen LogP contribution in [0.15, 0.2) is 48.5 Å². The molecule has 2 aromatic rings. The molecule has 2 aromatic carbocycles. The van der Waals surface area contributed by atoms with Crippen LogP contribution in [0.1, 0.15) is 202 Å². The Morgan fingerprint density at radius 3 is 1.06 bits per heavy atom. The van der Waals surface area contributed by atoms with Gasteiger partial charge in [-0.2, -0.15) is 0 Å². The first kappa shape index (κ1) is 39.1. The molecule has 51 heavy (non-hydrogen) atoms. The highest BCUT2D eigenvalue weighted by molar-refractivity contribution is 5.26. The summed E-state index contributed by atoms with van der Waals surface area (Å²) in [4.78, 5) is 0. The molecule has 0 spiro atoms. The predicted octanol–water partition coefficient (Wildman–Crippen LogP) is 15.5. The molecule has 0 saturated heterocycles.